The molecule has 12 aliphatic carbocycles. The molecule has 0 bridgehead atoms. The zero-order valence-electron chi connectivity index (χ0n) is 30.8. The van der Waals surface area contributed by atoms with Crippen LogP contribution in [0.1, 0.15) is 35.4 Å². The van der Waals surface area contributed by atoms with Gasteiger partial charge in [0, 0.05) is 29.2 Å². The van der Waals surface area contributed by atoms with E-state index in [2.05, 4.69) is 103 Å². The molecule has 0 amide bonds. The third-order valence-corrected chi connectivity index (χ3v) is 13.9. The number of hydrogen-bond acceptors (Lipinski definition) is 0. The Morgan fingerprint density at radius 2 is 1.09 bits per heavy atom. The molecule has 0 aromatic heterocycles. The maximum Gasteiger partial charge on any atom is 0.144 e. The van der Waals surface area contributed by atoms with Gasteiger partial charge in [0.2, 0.25) is 0 Å². The Morgan fingerprint density at radius 3 is 1.89 bits per heavy atom. The van der Waals surface area contributed by atoms with Crippen LogP contribution in [-0.2, 0) is 0 Å². The molecule has 270 valence electrons. The van der Waals surface area contributed by atoms with Crippen molar-refractivity contribution in [1.29, 1.82) is 0 Å². The number of rotatable bonds is 3. The summed E-state index contributed by atoms with van der Waals surface area (Å²) in [5.41, 5.74) is 16.7. The average molecular weight is 739 g/mol. The molecule has 4 atom stereocenters. The Bertz CT molecular complexity index is 3000. The molecule has 13 rings (SSSR count). The fourth-order valence-electron chi connectivity index (χ4n) is 11.4. The van der Waals surface area contributed by atoms with E-state index >= 15 is 13.2 Å². The van der Waals surface area contributed by atoms with Gasteiger partial charge >= 0.3 is 0 Å². The molecule has 0 fully saturated rings. The Kier molecular flexibility index (Phi) is 6.30. The highest BCUT2D eigenvalue weighted by Gasteiger charge is 2.43. The number of hydrogen-bond donors (Lipinski definition) is 0. The van der Waals surface area contributed by atoms with Gasteiger partial charge in [0.1, 0.15) is 17.5 Å². The summed E-state index contributed by atoms with van der Waals surface area (Å²) in [5.74, 6) is -3.45. The summed E-state index contributed by atoms with van der Waals surface area (Å²) < 4.78 is 54.4. The van der Waals surface area contributed by atoms with Crippen LogP contribution in [0.3, 0.4) is 0 Å². The zero-order chi connectivity index (χ0) is 37.7. The van der Waals surface area contributed by atoms with E-state index in [-0.39, 0.29) is 34.4 Å². The largest absolute Gasteiger partial charge is 0.206 e. The molecule has 0 spiro atoms. The number of allylic oxidation sites excluding steroid dienone is 42. The summed E-state index contributed by atoms with van der Waals surface area (Å²) in [6.07, 6.45) is 53.1. The number of benzene rings is 1. The molecular formula is C54H33F3. The van der Waals surface area contributed by atoms with Gasteiger partial charge in [0.05, 0.1) is 11.1 Å². The summed E-state index contributed by atoms with van der Waals surface area (Å²) in [5, 5.41) is 0. The minimum atomic E-state index is -0.851. The Balaban J connectivity index is 1.07. The van der Waals surface area contributed by atoms with Crippen molar-refractivity contribution in [1.82, 2.24) is 0 Å². The molecule has 1 aromatic rings. The lowest BCUT2D eigenvalue weighted by atomic mass is 9.64. The van der Waals surface area contributed by atoms with Crippen LogP contribution in [0.5, 0.6) is 0 Å². The van der Waals surface area contributed by atoms with Crippen molar-refractivity contribution in [2.24, 2.45) is 17.8 Å². The van der Waals surface area contributed by atoms with Gasteiger partial charge < -0.3 is 0 Å². The van der Waals surface area contributed by atoms with E-state index in [1.54, 1.807) is 0 Å². The molecule has 0 aliphatic heterocycles. The highest BCUT2D eigenvalue weighted by atomic mass is 19.1. The Hall–Kier alpha value is -6.45. The minimum Gasteiger partial charge on any atom is -0.206 e. The maximum absolute atomic E-state index is 18.1. The van der Waals surface area contributed by atoms with Gasteiger partial charge in [0.25, 0.3) is 0 Å². The summed E-state index contributed by atoms with van der Waals surface area (Å²) in [6, 6.07) is 0. The topological polar surface area (TPSA) is 0 Å². The van der Waals surface area contributed by atoms with E-state index in [1.165, 1.54) is 11.1 Å². The normalized spacial score (nSPS) is 28.2. The predicted molar refractivity (Wildman–Crippen MR) is 223 cm³/mol. The maximum atomic E-state index is 18.1. The zero-order valence-corrected chi connectivity index (χ0v) is 30.8. The van der Waals surface area contributed by atoms with E-state index in [0.717, 1.165) is 78.9 Å². The van der Waals surface area contributed by atoms with Crippen LogP contribution in [-0.4, -0.2) is 0 Å². The molecule has 0 N–H and O–H groups in total. The smallest absolute Gasteiger partial charge is 0.144 e. The van der Waals surface area contributed by atoms with Crippen LogP contribution in [0, 0.1) is 35.2 Å². The van der Waals surface area contributed by atoms with E-state index in [0.29, 0.717) is 17.6 Å². The van der Waals surface area contributed by atoms with Crippen molar-refractivity contribution < 1.29 is 13.2 Å². The molecular weight excluding hydrogens is 706 g/mol. The fourth-order valence-corrected chi connectivity index (χ4v) is 11.4. The summed E-state index contributed by atoms with van der Waals surface area (Å²) in [6.45, 7) is 0. The average Bonchev–Trinajstić information content (AvgIpc) is 3.25. The molecule has 12 aliphatic rings. The van der Waals surface area contributed by atoms with Gasteiger partial charge in [-0.25, -0.2) is 13.2 Å². The van der Waals surface area contributed by atoms with Crippen LogP contribution >= 0.6 is 0 Å². The van der Waals surface area contributed by atoms with Gasteiger partial charge in [-0.05, 0) is 108 Å². The lowest BCUT2D eigenvalue weighted by molar-refractivity contribution is 0.512. The molecule has 0 heterocycles. The first kappa shape index (κ1) is 31.7. The van der Waals surface area contributed by atoms with Crippen molar-refractivity contribution in [3.8, 4) is 0 Å². The van der Waals surface area contributed by atoms with Gasteiger partial charge in [-0.2, -0.15) is 0 Å². The molecule has 3 heteroatoms. The van der Waals surface area contributed by atoms with Crippen LogP contribution in [0.25, 0.3) is 11.1 Å². The molecule has 0 radical (unpaired) electrons. The van der Waals surface area contributed by atoms with Gasteiger partial charge in [-0.15, -0.1) is 0 Å². The van der Waals surface area contributed by atoms with Crippen LogP contribution in [0.4, 0.5) is 13.2 Å². The molecule has 1 aromatic carbocycles. The minimum absolute atomic E-state index is 0.000247. The monoisotopic (exact) mass is 738 g/mol. The molecule has 0 saturated heterocycles. The fraction of sp³-hybridized carbons (Fsp3) is 0.111. The SMILES string of the molecule is Fc1c(C2=CCC3=CC=C4C=CC=C5C=CC2=C3C54)c(F)c(C2C=CC3=C4C2=CC=C2C=CC=C(C=C3)C24)c(F)c1C1=C2C=CC3=C4C(=CC=C(C=C1)C24)CC=C3. The van der Waals surface area contributed by atoms with Crippen molar-refractivity contribution in [3.05, 3.63) is 270 Å². The second-order valence-corrected chi connectivity index (χ2v) is 16.5. The summed E-state index contributed by atoms with van der Waals surface area (Å²) in [7, 11) is 0. The van der Waals surface area contributed by atoms with Gasteiger partial charge in [0.15, 0.2) is 0 Å². The molecule has 4 unspecified atom stereocenters. The van der Waals surface area contributed by atoms with Crippen LogP contribution in [0.15, 0.2) is 235 Å². The lowest BCUT2D eigenvalue weighted by Gasteiger charge is -2.39. The van der Waals surface area contributed by atoms with Crippen molar-refractivity contribution in [3.63, 3.8) is 0 Å². The van der Waals surface area contributed by atoms with E-state index in [4.69, 9.17) is 0 Å². The van der Waals surface area contributed by atoms with Crippen molar-refractivity contribution in [2.75, 3.05) is 0 Å². The second-order valence-electron chi connectivity index (χ2n) is 16.5. The summed E-state index contributed by atoms with van der Waals surface area (Å²) >= 11 is 0. The van der Waals surface area contributed by atoms with E-state index in [9.17, 15) is 0 Å². The van der Waals surface area contributed by atoms with Crippen LogP contribution < -0.4 is 0 Å². The second kappa shape index (κ2) is 11.3. The Morgan fingerprint density at radius 1 is 0.456 bits per heavy atom. The standard InChI is InChI=1S/C54H33F3/c55-52-49(40-25-19-34-13-10-28-4-1-7-31-16-22-37(40)46(34)43(28)31)53(56)51(42-27-21-36-15-12-30-6-3-9-33-18-24-39(42)48(36)45(30)33)54(57)50(52)41-26-20-35-14-11-29-5-2-8-32-17-23-38(41)47(35)44(29)32/h1-5,7-19,21-27,40,43-44,48H,6,20H2. The molecule has 0 nitrogen and oxygen atoms in total. The summed E-state index contributed by atoms with van der Waals surface area (Å²) in [4.78, 5) is 0. The molecule has 57 heavy (non-hydrogen) atoms. The highest BCUT2D eigenvalue weighted by molar-refractivity contribution is 5.93. The Labute approximate surface area is 329 Å². The first-order valence-corrected chi connectivity index (χ1v) is 20.0. The van der Waals surface area contributed by atoms with Crippen LogP contribution in [0.2, 0.25) is 0 Å². The predicted octanol–water partition coefficient (Wildman–Crippen LogP) is 12.9. The highest BCUT2D eigenvalue weighted by Crippen LogP contribution is 2.56. The van der Waals surface area contributed by atoms with E-state index in [1.807, 2.05) is 48.6 Å². The van der Waals surface area contributed by atoms with Gasteiger partial charge in [-0.1, -0.05) is 152 Å². The lowest BCUT2D eigenvalue weighted by Crippen LogP contribution is -2.26. The third-order valence-electron chi connectivity index (χ3n) is 13.9. The first-order valence-electron chi connectivity index (χ1n) is 20.0. The van der Waals surface area contributed by atoms with Gasteiger partial charge in [-0.3, -0.25) is 0 Å². The quantitative estimate of drug-likeness (QED) is 0.290. The van der Waals surface area contributed by atoms with Crippen molar-refractivity contribution >= 4 is 11.1 Å². The number of halogens is 3. The molecule has 0 saturated carbocycles. The van der Waals surface area contributed by atoms with E-state index < -0.39 is 23.4 Å². The van der Waals surface area contributed by atoms with Crippen molar-refractivity contribution in [2.45, 2.75) is 18.8 Å². The third kappa shape index (κ3) is 4.14. The first-order chi connectivity index (χ1) is 28.0.